The molecule has 3 heteroatoms. The van der Waals surface area contributed by atoms with Gasteiger partial charge in [-0.15, -0.1) is 0 Å². The molecule has 0 bridgehead atoms. The number of nitrogens with zero attached hydrogens (tertiary/aromatic N) is 1. The van der Waals surface area contributed by atoms with E-state index in [1.54, 1.807) is 0 Å². The van der Waals surface area contributed by atoms with Crippen molar-refractivity contribution in [1.29, 1.82) is 0 Å². The van der Waals surface area contributed by atoms with Crippen molar-refractivity contribution in [1.82, 2.24) is 10.2 Å². The van der Waals surface area contributed by atoms with Gasteiger partial charge in [0, 0.05) is 25.0 Å². The van der Waals surface area contributed by atoms with E-state index in [0.717, 1.165) is 32.4 Å². The minimum Gasteiger partial charge on any atom is -0.341 e. The molecule has 0 saturated carbocycles. The second kappa shape index (κ2) is 5.35. The summed E-state index contributed by atoms with van der Waals surface area (Å²) in [4.78, 5) is 13.8. The van der Waals surface area contributed by atoms with Crippen LogP contribution in [0.3, 0.4) is 0 Å². The first-order valence-corrected chi connectivity index (χ1v) is 5.65. The molecule has 1 N–H and O–H groups in total. The highest BCUT2D eigenvalue weighted by Gasteiger charge is 2.25. The van der Waals surface area contributed by atoms with Crippen LogP contribution in [0.4, 0.5) is 0 Å². The highest BCUT2D eigenvalue weighted by atomic mass is 16.2. The molecule has 1 heterocycles. The molecule has 0 aliphatic carbocycles. The molecule has 14 heavy (non-hydrogen) atoms. The first-order valence-electron chi connectivity index (χ1n) is 5.65. The molecule has 2 unspecified atom stereocenters. The zero-order chi connectivity index (χ0) is 10.6. The van der Waals surface area contributed by atoms with E-state index in [4.69, 9.17) is 0 Å². The number of likely N-dealkylation sites (N-methyl/N-ethyl adjacent to an activating group) is 1. The molecule has 0 radical (unpaired) electrons. The van der Waals surface area contributed by atoms with Gasteiger partial charge in [0.15, 0.2) is 0 Å². The van der Waals surface area contributed by atoms with Gasteiger partial charge in [-0.25, -0.2) is 0 Å². The summed E-state index contributed by atoms with van der Waals surface area (Å²) in [7, 11) is 1.96. The van der Waals surface area contributed by atoms with E-state index in [1.807, 2.05) is 18.9 Å². The number of nitrogens with one attached hydrogen (secondary N) is 1. The van der Waals surface area contributed by atoms with Crippen molar-refractivity contribution < 1.29 is 4.79 Å². The van der Waals surface area contributed by atoms with E-state index in [9.17, 15) is 4.79 Å². The molecular formula is C11H22N2O. The lowest BCUT2D eigenvalue weighted by Gasteiger charge is -2.33. The number of piperidine rings is 1. The summed E-state index contributed by atoms with van der Waals surface area (Å²) in [6, 6.07) is 0.448. The highest BCUT2D eigenvalue weighted by Crippen LogP contribution is 2.17. The predicted molar refractivity (Wildman–Crippen MR) is 58.1 cm³/mol. The fourth-order valence-electron chi connectivity index (χ4n) is 2.01. The average Bonchev–Trinajstić information content (AvgIpc) is 2.20. The van der Waals surface area contributed by atoms with Crippen LogP contribution in [-0.4, -0.2) is 37.0 Å². The van der Waals surface area contributed by atoms with E-state index < -0.39 is 0 Å². The number of amides is 1. The van der Waals surface area contributed by atoms with E-state index in [1.165, 1.54) is 0 Å². The molecule has 1 amide bonds. The zero-order valence-electron chi connectivity index (χ0n) is 9.55. The summed E-state index contributed by atoms with van der Waals surface area (Å²) < 4.78 is 0. The second-order valence-corrected chi connectivity index (χ2v) is 4.22. The largest absolute Gasteiger partial charge is 0.341 e. The molecule has 82 valence electrons. The maximum absolute atomic E-state index is 11.8. The van der Waals surface area contributed by atoms with Crippen LogP contribution in [0.2, 0.25) is 0 Å². The number of likely N-dealkylation sites (tertiary alicyclic amines) is 1. The lowest BCUT2D eigenvalue weighted by Crippen LogP contribution is -2.46. The van der Waals surface area contributed by atoms with E-state index in [0.29, 0.717) is 11.9 Å². The van der Waals surface area contributed by atoms with Crippen LogP contribution in [-0.2, 0) is 4.79 Å². The van der Waals surface area contributed by atoms with Crippen LogP contribution in [0.5, 0.6) is 0 Å². The Morgan fingerprint density at radius 2 is 2.36 bits per heavy atom. The number of carbonyl (C=O) groups is 1. The van der Waals surface area contributed by atoms with Crippen LogP contribution in [0.15, 0.2) is 0 Å². The summed E-state index contributed by atoms with van der Waals surface area (Å²) in [5, 5.41) is 3.24. The van der Waals surface area contributed by atoms with Crippen molar-refractivity contribution in [2.45, 2.75) is 39.2 Å². The number of hydrogen-bond donors (Lipinski definition) is 1. The minimum absolute atomic E-state index is 0.234. The van der Waals surface area contributed by atoms with Crippen LogP contribution in [0.1, 0.15) is 33.1 Å². The van der Waals surface area contributed by atoms with Crippen LogP contribution >= 0.6 is 0 Å². The van der Waals surface area contributed by atoms with Gasteiger partial charge in [0.25, 0.3) is 0 Å². The zero-order valence-corrected chi connectivity index (χ0v) is 9.55. The van der Waals surface area contributed by atoms with Crippen molar-refractivity contribution in [2.24, 2.45) is 5.92 Å². The van der Waals surface area contributed by atoms with Crippen molar-refractivity contribution in [3.8, 4) is 0 Å². The highest BCUT2D eigenvalue weighted by molar-refractivity contribution is 5.79. The Morgan fingerprint density at radius 1 is 1.64 bits per heavy atom. The summed E-state index contributed by atoms with van der Waals surface area (Å²) in [5.74, 6) is 0.572. The third-order valence-corrected chi connectivity index (χ3v) is 3.14. The third kappa shape index (κ3) is 2.71. The Labute approximate surface area is 86.9 Å². The first-order chi connectivity index (χ1) is 6.69. The fraction of sp³-hybridized carbons (Fsp3) is 0.909. The van der Waals surface area contributed by atoms with E-state index >= 15 is 0 Å². The molecule has 0 spiro atoms. The molecular weight excluding hydrogens is 176 g/mol. The molecule has 1 rings (SSSR count). The van der Waals surface area contributed by atoms with Crippen molar-refractivity contribution in [3.05, 3.63) is 0 Å². The van der Waals surface area contributed by atoms with Gasteiger partial charge in [-0.3, -0.25) is 4.79 Å². The van der Waals surface area contributed by atoms with Crippen molar-refractivity contribution in [2.75, 3.05) is 20.1 Å². The Balaban J connectivity index is 2.46. The van der Waals surface area contributed by atoms with Gasteiger partial charge in [-0.05, 0) is 26.3 Å². The van der Waals surface area contributed by atoms with Gasteiger partial charge in [-0.1, -0.05) is 13.8 Å². The Bertz CT molecular complexity index is 190. The molecule has 1 fully saturated rings. The van der Waals surface area contributed by atoms with Gasteiger partial charge in [0.1, 0.15) is 0 Å². The minimum atomic E-state index is 0.234. The predicted octanol–water partition coefficient (Wildman–Crippen LogP) is 1.24. The van der Waals surface area contributed by atoms with Crippen molar-refractivity contribution >= 4 is 5.91 Å². The third-order valence-electron chi connectivity index (χ3n) is 3.14. The Morgan fingerprint density at radius 3 is 2.93 bits per heavy atom. The number of carbonyl (C=O) groups excluding carboxylic acids is 1. The van der Waals surface area contributed by atoms with Gasteiger partial charge >= 0.3 is 0 Å². The quantitative estimate of drug-likeness (QED) is 0.737. The van der Waals surface area contributed by atoms with Gasteiger partial charge in [-0.2, -0.15) is 0 Å². The van der Waals surface area contributed by atoms with Gasteiger partial charge in [0.05, 0.1) is 0 Å². The normalized spacial score (nSPS) is 25.2. The molecule has 0 aromatic carbocycles. The molecule has 1 saturated heterocycles. The maximum atomic E-state index is 11.8. The molecule has 0 aromatic heterocycles. The first kappa shape index (κ1) is 11.5. The fourth-order valence-corrected chi connectivity index (χ4v) is 2.01. The van der Waals surface area contributed by atoms with Crippen LogP contribution < -0.4 is 5.32 Å². The summed E-state index contributed by atoms with van der Waals surface area (Å²) in [6.45, 7) is 6.01. The summed E-state index contributed by atoms with van der Waals surface area (Å²) in [6.07, 6.45) is 3.30. The smallest absolute Gasteiger partial charge is 0.225 e. The standard InChI is InChI=1S/C11H22N2O/c1-4-10(12-3)8-13-7-5-6-9(2)11(13)14/h9-10,12H,4-8H2,1-3H3. The average molecular weight is 198 g/mol. The van der Waals surface area contributed by atoms with E-state index in [2.05, 4.69) is 12.2 Å². The Kier molecular flexibility index (Phi) is 4.39. The lowest BCUT2D eigenvalue weighted by molar-refractivity contribution is -0.138. The maximum Gasteiger partial charge on any atom is 0.225 e. The topological polar surface area (TPSA) is 32.3 Å². The molecule has 1 aliphatic heterocycles. The summed E-state index contributed by atoms with van der Waals surface area (Å²) >= 11 is 0. The number of rotatable bonds is 4. The lowest BCUT2D eigenvalue weighted by atomic mass is 9.98. The van der Waals surface area contributed by atoms with E-state index in [-0.39, 0.29) is 5.92 Å². The van der Waals surface area contributed by atoms with Gasteiger partial charge < -0.3 is 10.2 Å². The second-order valence-electron chi connectivity index (χ2n) is 4.22. The SMILES string of the molecule is CCC(CN1CCCC(C)C1=O)NC. The molecule has 1 aliphatic rings. The monoisotopic (exact) mass is 198 g/mol. The molecule has 2 atom stereocenters. The molecule has 0 aromatic rings. The van der Waals surface area contributed by atoms with Crippen LogP contribution in [0, 0.1) is 5.92 Å². The molecule has 3 nitrogen and oxygen atoms in total. The van der Waals surface area contributed by atoms with Gasteiger partial charge in [0.2, 0.25) is 5.91 Å². The van der Waals surface area contributed by atoms with Crippen LogP contribution in [0.25, 0.3) is 0 Å². The Hall–Kier alpha value is -0.570. The van der Waals surface area contributed by atoms with Crippen molar-refractivity contribution in [3.63, 3.8) is 0 Å². The number of hydrogen-bond acceptors (Lipinski definition) is 2. The summed E-state index contributed by atoms with van der Waals surface area (Å²) in [5.41, 5.74) is 0.